The van der Waals surface area contributed by atoms with E-state index in [1.165, 1.54) is 7.05 Å². The molecule has 0 aliphatic rings. The average Bonchev–Trinajstić information content (AvgIpc) is 1.63. The van der Waals surface area contributed by atoms with Crippen LogP contribution in [0.25, 0.3) is 0 Å². The summed E-state index contributed by atoms with van der Waals surface area (Å²) in [4.78, 5) is -0.937. The van der Waals surface area contributed by atoms with E-state index in [1.54, 1.807) is 6.08 Å². The van der Waals surface area contributed by atoms with Gasteiger partial charge in [0, 0.05) is 6.42 Å². The summed E-state index contributed by atoms with van der Waals surface area (Å²) in [5.41, 5.74) is 0. The van der Waals surface area contributed by atoms with Gasteiger partial charge in [0.25, 0.3) is 0 Å². The number of rotatable bonds is 4. The lowest BCUT2D eigenvalue weighted by atomic mass is 10.3. The first kappa shape index (κ1) is 12.7. The minimum atomic E-state index is -0.937. The predicted molar refractivity (Wildman–Crippen MR) is 34.1 cm³/mol. The molecule has 62 valence electrons. The first-order chi connectivity index (χ1) is 4.06. The minimum absolute atomic E-state index is 0. The van der Waals surface area contributed by atoms with Crippen molar-refractivity contribution in [2.24, 2.45) is 0 Å². The Kier molecular flexibility index (Phi) is 7.46. The van der Waals surface area contributed by atoms with Gasteiger partial charge < -0.3 is 17.0 Å². The molecule has 0 aliphatic carbocycles. The standard InChI is InChI=1S/C6H14NO2.BrH/c1-3-4-5-6-7(2,8)9;/h3,8-9H,1,4-6H2,2H3;1H/q+1;/p-1. The van der Waals surface area contributed by atoms with E-state index in [1.807, 2.05) is 0 Å². The second kappa shape index (κ2) is 5.85. The fourth-order valence-electron chi connectivity index (χ4n) is 0.535. The molecule has 0 saturated heterocycles. The van der Waals surface area contributed by atoms with Gasteiger partial charge in [0.05, 0.1) is 0 Å². The van der Waals surface area contributed by atoms with Crippen molar-refractivity contribution in [1.82, 2.24) is 0 Å². The van der Waals surface area contributed by atoms with Crippen LogP contribution in [-0.2, 0) is 0 Å². The fourth-order valence-corrected chi connectivity index (χ4v) is 0.535. The van der Waals surface area contributed by atoms with Gasteiger partial charge in [-0.05, 0) is 6.42 Å². The Hall–Kier alpha value is 0.100. The Labute approximate surface area is 71.9 Å². The maximum absolute atomic E-state index is 8.70. The Morgan fingerprint density at radius 2 is 2.00 bits per heavy atom. The Morgan fingerprint density at radius 3 is 2.30 bits per heavy atom. The second-order valence-corrected chi connectivity index (χ2v) is 2.24. The quantitative estimate of drug-likeness (QED) is 0.249. The lowest BCUT2D eigenvalue weighted by Gasteiger charge is -2.13. The molecule has 0 unspecified atom stereocenters. The molecule has 0 spiro atoms. The van der Waals surface area contributed by atoms with Crippen molar-refractivity contribution in [3.05, 3.63) is 12.7 Å². The lowest BCUT2D eigenvalue weighted by molar-refractivity contribution is -1.23. The van der Waals surface area contributed by atoms with E-state index in [0.29, 0.717) is 6.54 Å². The Balaban J connectivity index is 0. The molecular weight excluding hydrogens is 198 g/mol. The molecule has 0 atom stereocenters. The van der Waals surface area contributed by atoms with Gasteiger partial charge >= 0.3 is 0 Å². The van der Waals surface area contributed by atoms with E-state index in [4.69, 9.17) is 10.4 Å². The first-order valence-corrected chi connectivity index (χ1v) is 2.98. The summed E-state index contributed by atoms with van der Waals surface area (Å²) in [6.45, 7) is 3.86. The zero-order valence-electron chi connectivity index (χ0n) is 6.13. The van der Waals surface area contributed by atoms with E-state index in [9.17, 15) is 0 Å². The van der Waals surface area contributed by atoms with Crippen LogP contribution in [0.3, 0.4) is 0 Å². The third-order valence-electron chi connectivity index (χ3n) is 0.990. The lowest BCUT2D eigenvalue weighted by Crippen LogP contribution is -3.00. The number of nitrogens with zero attached hydrogens (tertiary/aromatic N) is 1. The number of hydrogen-bond acceptors (Lipinski definition) is 2. The van der Waals surface area contributed by atoms with Crippen molar-refractivity contribution < 1.29 is 32.2 Å². The molecule has 0 amide bonds. The van der Waals surface area contributed by atoms with Gasteiger partial charge in [0.1, 0.15) is 13.6 Å². The Bertz CT molecular complexity index is 90.2. The highest BCUT2D eigenvalue weighted by molar-refractivity contribution is 4.64. The van der Waals surface area contributed by atoms with Crippen molar-refractivity contribution in [1.29, 1.82) is 0 Å². The molecular formula is C6H14BrNO2. The van der Waals surface area contributed by atoms with Crippen LogP contribution >= 0.6 is 0 Å². The van der Waals surface area contributed by atoms with Gasteiger partial charge in [-0.2, -0.15) is 10.4 Å². The summed E-state index contributed by atoms with van der Waals surface area (Å²) in [5.74, 6) is 0. The van der Waals surface area contributed by atoms with Crippen LogP contribution in [0.2, 0.25) is 0 Å². The second-order valence-electron chi connectivity index (χ2n) is 2.24. The van der Waals surface area contributed by atoms with Crippen molar-refractivity contribution in [2.75, 3.05) is 13.6 Å². The monoisotopic (exact) mass is 211 g/mol. The molecule has 0 aromatic rings. The molecule has 0 heterocycles. The van der Waals surface area contributed by atoms with Gasteiger partial charge in [-0.15, -0.1) is 6.58 Å². The highest BCUT2D eigenvalue weighted by Crippen LogP contribution is 1.95. The number of halogens is 1. The molecule has 2 N–H and O–H groups in total. The summed E-state index contributed by atoms with van der Waals surface area (Å²) < 4.78 is 0. The largest absolute Gasteiger partial charge is 1.00 e. The maximum Gasteiger partial charge on any atom is 0.142 e. The minimum Gasteiger partial charge on any atom is -1.00 e. The summed E-state index contributed by atoms with van der Waals surface area (Å²) in [5, 5.41) is 17.4. The molecule has 0 fully saturated rings. The van der Waals surface area contributed by atoms with Crippen LogP contribution < -0.4 is 17.0 Å². The van der Waals surface area contributed by atoms with Crippen molar-refractivity contribution in [3.8, 4) is 0 Å². The summed E-state index contributed by atoms with van der Waals surface area (Å²) in [6, 6.07) is 0. The predicted octanol–water partition coefficient (Wildman–Crippen LogP) is -1.82. The zero-order chi connectivity index (χ0) is 7.33. The number of quaternary nitrogens is 1. The van der Waals surface area contributed by atoms with E-state index >= 15 is 0 Å². The number of hydrogen-bond donors (Lipinski definition) is 2. The molecule has 0 radical (unpaired) electrons. The van der Waals surface area contributed by atoms with E-state index in [0.717, 1.165) is 12.8 Å². The van der Waals surface area contributed by atoms with Gasteiger partial charge in [0.2, 0.25) is 0 Å². The van der Waals surface area contributed by atoms with Crippen LogP contribution in [0.15, 0.2) is 12.7 Å². The first-order valence-electron chi connectivity index (χ1n) is 2.98. The molecule has 10 heavy (non-hydrogen) atoms. The summed E-state index contributed by atoms with van der Waals surface area (Å²) in [7, 11) is 1.32. The maximum atomic E-state index is 8.70. The number of allylic oxidation sites excluding steroid dienone is 1. The third-order valence-corrected chi connectivity index (χ3v) is 0.990. The van der Waals surface area contributed by atoms with Crippen LogP contribution in [-0.4, -0.2) is 28.8 Å². The number of unbranched alkanes of at least 4 members (excludes halogenated alkanes) is 1. The van der Waals surface area contributed by atoms with Crippen molar-refractivity contribution >= 4 is 0 Å². The molecule has 0 bridgehead atoms. The SMILES string of the molecule is C=CCCC[N+](C)(O)O.[Br-]. The highest BCUT2D eigenvalue weighted by atomic mass is 79.9. The van der Waals surface area contributed by atoms with Gasteiger partial charge in [-0.3, -0.25) is 0 Å². The van der Waals surface area contributed by atoms with E-state index in [2.05, 4.69) is 6.58 Å². The molecule has 0 aromatic heterocycles. The number of hydroxylamine groups is 4. The topological polar surface area (TPSA) is 40.5 Å². The van der Waals surface area contributed by atoms with Crippen LogP contribution in [0.1, 0.15) is 12.8 Å². The molecule has 3 nitrogen and oxygen atoms in total. The third kappa shape index (κ3) is 11.0. The Morgan fingerprint density at radius 1 is 1.50 bits per heavy atom. The van der Waals surface area contributed by atoms with E-state index < -0.39 is 4.81 Å². The van der Waals surface area contributed by atoms with Crippen LogP contribution in [0, 0.1) is 0 Å². The van der Waals surface area contributed by atoms with Crippen molar-refractivity contribution in [3.63, 3.8) is 0 Å². The van der Waals surface area contributed by atoms with Gasteiger partial charge in [-0.25, -0.2) is 0 Å². The normalized spacial score (nSPS) is 10.3. The molecule has 0 aromatic carbocycles. The van der Waals surface area contributed by atoms with Crippen LogP contribution in [0.5, 0.6) is 0 Å². The molecule has 4 heteroatoms. The zero-order valence-corrected chi connectivity index (χ0v) is 7.71. The van der Waals surface area contributed by atoms with Gasteiger partial charge in [-0.1, -0.05) is 10.9 Å². The molecule has 0 saturated carbocycles. The summed E-state index contributed by atoms with van der Waals surface area (Å²) in [6.07, 6.45) is 3.34. The average molecular weight is 212 g/mol. The summed E-state index contributed by atoms with van der Waals surface area (Å²) >= 11 is 0. The smallest absolute Gasteiger partial charge is 0.142 e. The highest BCUT2D eigenvalue weighted by Gasteiger charge is 2.11. The van der Waals surface area contributed by atoms with E-state index in [-0.39, 0.29) is 17.0 Å². The fraction of sp³-hybridized carbons (Fsp3) is 0.667. The van der Waals surface area contributed by atoms with Crippen LogP contribution in [0.4, 0.5) is 0 Å². The molecule has 0 aliphatic heterocycles. The van der Waals surface area contributed by atoms with Crippen molar-refractivity contribution in [2.45, 2.75) is 12.8 Å². The van der Waals surface area contributed by atoms with Gasteiger partial charge in [0.15, 0.2) is 0 Å². The molecule has 0 rings (SSSR count).